The molecule has 0 saturated heterocycles. The standard InChI is InChI=1S/C12H14ClN3O2S/c1-2-11(9-4-3-5-10(13)8-9)16-19(17,18)12-6-7-14-15-12/h3-8,11,16H,2H2,1H3,(H,14,15). The molecule has 1 aromatic carbocycles. The maximum absolute atomic E-state index is 12.1. The van der Waals surface area contributed by atoms with E-state index in [0.717, 1.165) is 5.56 Å². The Bertz CT molecular complexity index is 641. The average molecular weight is 300 g/mol. The Morgan fingerprint density at radius 3 is 2.79 bits per heavy atom. The number of nitrogens with zero attached hydrogens (tertiary/aromatic N) is 1. The van der Waals surface area contributed by atoms with Crippen LogP contribution in [0.3, 0.4) is 0 Å². The number of hydrogen-bond acceptors (Lipinski definition) is 3. The molecule has 7 heteroatoms. The maximum atomic E-state index is 12.1. The highest BCUT2D eigenvalue weighted by Gasteiger charge is 2.21. The van der Waals surface area contributed by atoms with Crippen molar-refractivity contribution in [1.29, 1.82) is 0 Å². The second-order valence-electron chi connectivity index (χ2n) is 4.06. The number of hydrogen-bond donors (Lipinski definition) is 2. The Morgan fingerprint density at radius 2 is 2.21 bits per heavy atom. The molecule has 0 aliphatic rings. The number of halogens is 1. The summed E-state index contributed by atoms with van der Waals surface area (Å²) in [4.78, 5) is 0. The Labute approximate surface area is 117 Å². The Hall–Kier alpha value is -1.37. The van der Waals surface area contributed by atoms with Gasteiger partial charge in [0.05, 0.1) is 6.20 Å². The Balaban J connectivity index is 2.25. The molecule has 19 heavy (non-hydrogen) atoms. The minimum absolute atomic E-state index is 0.0491. The first kappa shape index (κ1) is 14.0. The van der Waals surface area contributed by atoms with Gasteiger partial charge in [0.15, 0.2) is 5.03 Å². The average Bonchev–Trinajstić information content (AvgIpc) is 2.90. The highest BCUT2D eigenvalue weighted by Crippen LogP contribution is 2.22. The lowest BCUT2D eigenvalue weighted by molar-refractivity contribution is 0.546. The second-order valence-corrected chi connectivity index (χ2v) is 6.18. The minimum atomic E-state index is -3.60. The fourth-order valence-electron chi connectivity index (χ4n) is 1.75. The van der Waals surface area contributed by atoms with Gasteiger partial charge in [-0.1, -0.05) is 30.7 Å². The van der Waals surface area contributed by atoms with Gasteiger partial charge in [0, 0.05) is 11.1 Å². The molecule has 0 amide bonds. The minimum Gasteiger partial charge on any atom is -0.266 e. The number of rotatable bonds is 5. The zero-order valence-corrected chi connectivity index (χ0v) is 11.9. The summed E-state index contributed by atoms with van der Waals surface area (Å²) in [5.74, 6) is 0. The summed E-state index contributed by atoms with van der Waals surface area (Å²) in [7, 11) is -3.60. The van der Waals surface area contributed by atoms with Gasteiger partial charge in [-0.3, -0.25) is 5.10 Å². The van der Waals surface area contributed by atoms with Gasteiger partial charge in [-0.25, -0.2) is 13.1 Å². The smallest absolute Gasteiger partial charge is 0.258 e. The van der Waals surface area contributed by atoms with Gasteiger partial charge in [-0.15, -0.1) is 0 Å². The highest BCUT2D eigenvalue weighted by atomic mass is 35.5. The van der Waals surface area contributed by atoms with Gasteiger partial charge in [0.1, 0.15) is 0 Å². The van der Waals surface area contributed by atoms with Crippen molar-refractivity contribution in [3.8, 4) is 0 Å². The van der Waals surface area contributed by atoms with Gasteiger partial charge in [0.25, 0.3) is 10.0 Å². The first-order valence-corrected chi connectivity index (χ1v) is 7.66. The summed E-state index contributed by atoms with van der Waals surface area (Å²) in [5.41, 5.74) is 0.832. The third-order valence-electron chi connectivity index (χ3n) is 2.72. The molecule has 0 aliphatic heterocycles. The third kappa shape index (κ3) is 3.34. The molecule has 1 atom stereocenters. The van der Waals surface area contributed by atoms with Crippen LogP contribution >= 0.6 is 11.6 Å². The van der Waals surface area contributed by atoms with Gasteiger partial charge >= 0.3 is 0 Å². The molecule has 2 aromatic rings. The number of benzene rings is 1. The van der Waals surface area contributed by atoms with Crippen molar-refractivity contribution >= 4 is 21.6 Å². The number of sulfonamides is 1. The van der Waals surface area contributed by atoms with Crippen LogP contribution in [0.25, 0.3) is 0 Å². The van der Waals surface area contributed by atoms with Crippen LogP contribution in [-0.4, -0.2) is 18.6 Å². The summed E-state index contributed by atoms with van der Waals surface area (Å²) in [6.45, 7) is 1.90. The van der Waals surface area contributed by atoms with E-state index in [-0.39, 0.29) is 11.1 Å². The van der Waals surface area contributed by atoms with E-state index in [0.29, 0.717) is 11.4 Å². The molecule has 0 bridgehead atoms. The van der Waals surface area contributed by atoms with Crippen LogP contribution in [0.1, 0.15) is 24.9 Å². The summed E-state index contributed by atoms with van der Waals surface area (Å²) >= 11 is 5.92. The van der Waals surface area contributed by atoms with Crippen LogP contribution in [0.5, 0.6) is 0 Å². The van der Waals surface area contributed by atoms with Crippen molar-refractivity contribution in [2.45, 2.75) is 24.4 Å². The Kier molecular flexibility index (Phi) is 4.24. The molecular weight excluding hydrogens is 286 g/mol. The van der Waals surface area contributed by atoms with E-state index in [1.54, 1.807) is 18.2 Å². The number of aromatic amines is 1. The summed E-state index contributed by atoms with van der Waals surface area (Å²) in [5, 5.41) is 6.72. The van der Waals surface area contributed by atoms with Gasteiger partial charge in [-0.05, 0) is 30.2 Å². The van der Waals surface area contributed by atoms with E-state index < -0.39 is 10.0 Å². The molecule has 0 radical (unpaired) electrons. The lowest BCUT2D eigenvalue weighted by Gasteiger charge is -2.17. The number of aromatic nitrogens is 2. The second kappa shape index (κ2) is 5.73. The normalized spacial score (nSPS) is 13.4. The molecule has 2 rings (SSSR count). The lowest BCUT2D eigenvalue weighted by atomic mass is 10.1. The van der Waals surface area contributed by atoms with Crippen molar-refractivity contribution in [2.24, 2.45) is 0 Å². The first-order valence-electron chi connectivity index (χ1n) is 5.80. The predicted octanol–water partition coefficient (Wildman–Crippen LogP) is 2.49. The van der Waals surface area contributed by atoms with E-state index in [1.807, 2.05) is 13.0 Å². The van der Waals surface area contributed by atoms with Crippen molar-refractivity contribution in [3.05, 3.63) is 47.1 Å². The van der Waals surface area contributed by atoms with Crippen molar-refractivity contribution < 1.29 is 8.42 Å². The van der Waals surface area contributed by atoms with Gasteiger partial charge < -0.3 is 0 Å². The predicted molar refractivity (Wildman–Crippen MR) is 73.4 cm³/mol. The molecule has 0 spiro atoms. The van der Waals surface area contributed by atoms with Gasteiger partial charge in [-0.2, -0.15) is 5.10 Å². The fraction of sp³-hybridized carbons (Fsp3) is 0.250. The van der Waals surface area contributed by atoms with Crippen molar-refractivity contribution in [1.82, 2.24) is 14.9 Å². The molecule has 0 aliphatic carbocycles. The molecule has 2 N–H and O–H groups in total. The molecular formula is C12H14ClN3O2S. The van der Waals surface area contributed by atoms with Crippen LogP contribution in [0.15, 0.2) is 41.6 Å². The molecule has 1 unspecified atom stereocenters. The summed E-state index contributed by atoms with van der Waals surface area (Å²) in [6, 6.07) is 8.23. The van der Waals surface area contributed by atoms with E-state index >= 15 is 0 Å². The van der Waals surface area contributed by atoms with E-state index in [2.05, 4.69) is 14.9 Å². The maximum Gasteiger partial charge on any atom is 0.258 e. The molecule has 102 valence electrons. The molecule has 1 aromatic heterocycles. The zero-order valence-electron chi connectivity index (χ0n) is 10.3. The van der Waals surface area contributed by atoms with E-state index in [9.17, 15) is 8.42 Å². The molecule has 1 heterocycles. The quantitative estimate of drug-likeness (QED) is 0.890. The molecule has 0 fully saturated rings. The van der Waals surface area contributed by atoms with Crippen LogP contribution in [0.2, 0.25) is 5.02 Å². The van der Waals surface area contributed by atoms with Crippen molar-refractivity contribution in [3.63, 3.8) is 0 Å². The largest absolute Gasteiger partial charge is 0.266 e. The van der Waals surface area contributed by atoms with Gasteiger partial charge in [0.2, 0.25) is 0 Å². The van der Waals surface area contributed by atoms with Crippen LogP contribution in [0.4, 0.5) is 0 Å². The number of H-pyrrole nitrogens is 1. The fourth-order valence-corrected chi connectivity index (χ4v) is 3.17. The third-order valence-corrected chi connectivity index (χ3v) is 4.36. The summed E-state index contributed by atoms with van der Waals surface area (Å²) < 4.78 is 26.8. The first-order chi connectivity index (χ1) is 9.03. The number of nitrogens with one attached hydrogen (secondary N) is 2. The lowest BCUT2D eigenvalue weighted by Crippen LogP contribution is -2.28. The molecule has 0 saturated carbocycles. The van der Waals surface area contributed by atoms with Crippen LogP contribution in [-0.2, 0) is 10.0 Å². The van der Waals surface area contributed by atoms with Crippen molar-refractivity contribution in [2.75, 3.05) is 0 Å². The van der Waals surface area contributed by atoms with Crippen LogP contribution in [0, 0.1) is 0 Å². The molecule has 5 nitrogen and oxygen atoms in total. The topological polar surface area (TPSA) is 74.8 Å². The summed E-state index contributed by atoms with van der Waals surface area (Å²) in [6.07, 6.45) is 2.02. The van der Waals surface area contributed by atoms with E-state index in [1.165, 1.54) is 12.3 Å². The zero-order chi connectivity index (χ0) is 13.9. The monoisotopic (exact) mass is 299 g/mol. The Morgan fingerprint density at radius 1 is 1.42 bits per heavy atom. The highest BCUT2D eigenvalue weighted by molar-refractivity contribution is 7.89. The SMILES string of the molecule is CCC(NS(=O)(=O)c1ccn[nH]1)c1cccc(Cl)c1. The van der Waals surface area contributed by atoms with Crippen LogP contribution < -0.4 is 4.72 Å². The van der Waals surface area contributed by atoms with E-state index in [4.69, 9.17) is 11.6 Å².